The lowest BCUT2D eigenvalue weighted by molar-refractivity contribution is 0.402. The van der Waals surface area contributed by atoms with Crippen molar-refractivity contribution in [2.45, 2.75) is 23.8 Å². The minimum Gasteiger partial charge on any atom is -0.479 e. The van der Waals surface area contributed by atoms with Crippen molar-refractivity contribution in [3.05, 3.63) is 48.8 Å². The molecular formula is C18H19N5O2S. The lowest BCUT2D eigenvalue weighted by Gasteiger charge is -2.12. The van der Waals surface area contributed by atoms with Crippen LogP contribution in [0.1, 0.15) is 12.8 Å². The summed E-state index contributed by atoms with van der Waals surface area (Å²) in [6.45, 7) is 0. The van der Waals surface area contributed by atoms with Crippen LogP contribution in [0.3, 0.4) is 0 Å². The average molecular weight is 369 g/mol. The SMILES string of the molecule is COc1nccc2c(Nc3ccc([S@](=N)(=O)NC4CC4)cc3)ccnc12. The number of fused-ring (bicyclic) bond motifs is 1. The van der Waals surface area contributed by atoms with Gasteiger partial charge >= 0.3 is 0 Å². The molecule has 3 aromatic rings. The highest BCUT2D eigenvalue weighted by Crippen LogP contribution is 2.29. The zero-order chi connectivity index (χ0) is 18.1. The second-order valence-electron chi connectivity index (χ2n) is 6.17. The summed E-state index contributed by atoms with van der Waals surface area (Å²) in [5.74, 6) is 0.474. The molecule has 0 bridgehead atoms. The molecule has 26 heavy (non-hydrogen) atoms. The van der Waals surface area contributed by atoms with Gasteiger partial charge in [-0.3, -0.25) is 4.98 Å². The number of pyridine rings is 2. The Balaban J connectivity index is 1.61. The van der Waals surface area contributed by atoms with E-state index in [9.17, 15) is 4.21 Å². The zero-order valence-electron chi connectivity index (χ0n) is 14.2. The van der Waals surface area contributed by atoms with Crippen molar-refractivity contribution in [3.63, 3.8) is 0 Å². The van der Waals surface area contributed by atoms with Crippen LogP contribution in [-0.2, 0) is 9.92 Å². The Hall–Kier alpha value is -2.71. The van der Waals surface area contributed by atoms with Crippen LogP contribution < -0.4 is 14.8 Å². The van der Waals surface area contributed by atoms with E-state index in [1.165, 1.54) is 0 Å². The number of rotatable bonds is 6. The van der Waals surface area contributed by atoms with Crippen molar-refractivity contribution < 1.29 is 8.95 Å². The number of hydrogen-bond acceptors (Lipinski definition) is 6. The molecule has 1 aromatic carbocycles. The first-order valence-corrected chi connectivity index (χ1v) is 9.83. The van der Waals surface area contributed by atoms with Crippen molar-refractivity contribution in [1.29, 1.82) is 4.78 Å². The standard InChI is InChI=1S/C18H19N5O2S/c1-25-18-17-15(8-10-21-18)16(9-11-20-17)22-12-4-6-14(7-5-12)26(19,24)23-13-2-3-13/h4-11,13H,2-3H2,1H3,(H,20,22)(H2,19,23,24)/t26-/m1/s1. The molecule has 1 fully saturated rings. The van der Waals surface area contributed by atoms with E-state index in [1.807, 2.05) is 24.3 Å². The quantitative estimate of drug-likeness (QED) is 0.618. The number of nitrogens with zero attached hydrogens (tertiary/aromatic N) is 2. The fourth-order valence-electron chi connectivity index (χ4n) is 2.70. The van der Waals surface area contributed by atoms with E-state index in [2.05, 4.69) is 20.0 Å². The molecule has 4 rings (SSSR count). The number of nitrogens with one attached hydrogen (secondary N) is 3. The first-order valence-electron chi connectivity index (χ1n) is 8.28. The Morgan fingerprint density at radius 3 is 2.54 bits per heavy atom. The second kappa shape index (κ2) is 6.54. The van der Waals surface area contributed by atoms with Gasteiger partial charge in [-0.05, 0) is 49.2 Å². The molecule has 2 heterocycles. The van der Waals surface area contributed by atoms with E-state index in [4.69, 9.17) is 9.52 Å². The lowest BCUT2D eigenvalue weighted by Crippen LogP contribution is -2.24. The molecule has 134 valence electrons. The molecule has 1 aliphatic carbocycles. The third-order valence-electron chi connectivity index (χ3n) is 4.19. The first kappa shape index (κ1) is 16.7. The van der Waals surface area contributed by atoms with Crippen molar-refractivity contribution >= 4 is 32.2 Å². The fourth-order valence-corrected chi connectivity index (χ4v) is 4.06. The van der Waals surface area contributed by atoms with Crippen molar-refractivity contribution in [3.8, 4) is 5.88 Å². The highest BCUT2D eigenvalue weighted by atomic mass is 32.2. The summed E-state index contributed by atoms with van der Waals surface area (Å²) >= 11 is 0. The monoisotopic (exact) mass is 369 g/mol. The van der Waals surface area contributed by atoms with Gasteiger partial charge in [-0.1, -0.05) is 0 Å². The van der Waals surface area contributed by atoms with Crippen LogP contribution in [0.5, 0.6) is 5.88 Å². The van der Waals surface area contributed by atoms with Gasteiger partial charge in [0.25, 0.3) is 0 Å². The molecule has 0 aliphatic heterocycles. The Morgan fingerprint density at radius 2 is 1.85 bits per heavy atom. The molecule has 0 amide bonds. The van der Waals surface area contributed by atoms with E-state index in [-0.39, 0.29) is 6.04 Å². The van der Waals surface area contributed by atoms with Crippen LogP contribution in [0.4, 0.5) is 11.4 Å². The summed E-state index contributed by atoms with van der Waals surface area (Å²) in [5, 5.41) is 4.22. The van der Waals surface area contributed by atoms with Gasteiger partial charge in [0, 0.05) is 35.2 Å². The molecular weight excluding hydrogens is 350 g/mol. The smallest absolute Gasteiger partial charge is 0.240 e. The van der Waals surface area contributed by atoms with Crippen molar-refractivity contribution in [2.24, 2.45) is 0 Å². The summed E-state index contributed by atoms with van der Waals surface area (Å²) in [6, 6.07) is 11.0. The van der Waals surface area contributed by atoms with Crippen LogP contribution in [-0.4, -0.2) is 27.3 Å². The lowest BCUT2D eigenvalue weighted by atomic mass is 10.2. The molecule has 2 aromatic heterocycles. The van der Waals surface area contributed by atoms with Gasteiger partial charge in [0.05, 0.1) is 12.0 Å². The Morgan fingerprint density at radius 1 is 1.12 bits per heavy atom. The molecule has 1 aliphatic rings. The predicted octanol–water partition coefficient (Wildman–Crippen LogP) is 3.45. The van der Waals surface area contributed by atoms with Gasteiger partial charge in [0.1, 0.15) is 15.4 Å². The molecule has 0 unspecified atom stereocenters. The topological polar surface area (TPSA) is 100.0 Å². The molecule has 0 radical (unpaired) electrons. The molecule has 1 saturated carbocycles. The summed E-state index contributed by atoms with van der Waals surface area (Å²) in [7, 11) is -1.38. The minimum absolute atomic E-state index is 0.213. The number of ether oxygens (including phenoxy) is 1. The Labute approximate surface area is 151 Å². The van der Waals surface area contributed by atoms with Crippen LogP contribution >= 0.6 is 0 Å². The van der Waals surface area contributed by atoms with Crippen LogP contribution in [0.15, 0.2) is 53.7 Å². The number of aromatic nitrogens is 2. The van der Waals surface area contributed by atoms with E-state index in [0.717, 1.165) is 29.6 Å². The number of anilines is 2. The van der Waals surface area contributed by atoms with Gasteiger partial charge in [-0.15, -0.1) is 0 Å². The van der Waals surface area contributed by atoms with Gasteiger partial charge in [-0.2, -0.15) is 0 Å². The van der Waals surface area contributed by atoms with Gasteiger partial charge in [-0.25, -0.2) is 18.7 Å². The highest BCUT2D eigenvalue weighted by Gasteiger charge is 2.25. The van der Waals surface area contributed by atoms with Crippen LogP contribution in [0.25, 0.3) is 10.9 Å². The largest absolute Gasteiger partial charge is 0.479 e. The van der Waals surface area contributed by atoms with E-state index < -0.39 is 9.92 Å². The van der Waals surface area contributed by atoms with Crippen molar-refractivity contribution in [1.82, 2.24) is 14.7 Å². The minimum atomic E-state index is -2.94. The fraction of sp³-hybridized carbons (Fsp3) is 0.222. The third-order valence-corrected chi connectivity index (χ3v) is 5.80. The Kier molecular flexibility index (Phi) is 4.21. The summed E-state index contributed by atoms with van der Waals surface area (Å²) in [6.07, 6.45) is 5.35. The van der Waals surface area contributed by atoms with E-state index in [1.54, 1.807) is 31.6 Å². The summed E-state index contributed by atoms with van der Waals surface area (Å²) in [5.41, 5.74) is 2.38. The second-order valence-corrected chi connectivity index (χ2v) is 7.99. The molecule has 3 N–H and O–H groups in total. The van der Waals surface area contributed by atoms with E-state index >= 15 is 0 Å². The van der Waals surface area contributed by atoms with Gasteiger partial charge < -0.3 is 10.1 Å². The number of hydrogen-bond donors (Lipinski definition) is 3. The molecule has 0 spiro atoms. The van der Waals surface area contributed by atoms with Gasteiger partial charge in [0.15, 0.2) is 0 Å². The first-order chi connectivity index (χ1) is 12.6. The summed E-state index contributed by atoms with van der Waals surface area (Å²) < 4.78 is 28.7. The molecule has 8 heteroatoms. The van der Waals surface area contributed by atoms with Crippen LogP contribution in [0, 0.1) is 4.78 Å². The molecule has 0 saturated heterocycles. The number of methoxy groups -OCH3 is 1. The number of benzene rings is 1. The summed E-state index contributed by atoms with van der Waals surface area (Å²) in [4.78, 5) is 8.99. The third kappa shape index (κ3) is 3.33. The van der Waals surface area contributed by atoms with E-state index in [0.29, 0.717) is 16.3 Å². The maximum atomic E-state index is 12.5. The predicted molar refractivity (Wildman–Crippen MR) is 101 cm³/mol. The average Bonchev–Trinajstić information content (AvgIpc) is 3.45. The maximum Gasteiger partial charge on any atom is 0.240 e. The molecule has 1 atom stereocenters. The Bertz CT molecular complexity index is 1050. The normalized spacial score (nSPS) is 16.2. The van der Waals surface area contributed by atoms with Crippen LogP contribution in [0.2, 0.25) is 0 Å². The molecule has 7 nitrogen and oxygen atoms in total. The zero-order valence-corrected chi connectivity index (χ0v) is 15.0. The maximum absolute atomic E-state index is 12.5. The highest BCUT2D eigenvalue weighted by molar-refractivity contribution is 7.90. The van der Waals surface area contributed by atoms with Crippen molar-refractivity contribution in [2.75, 3.05) is 12.4 Å². The van der Waals surface area contributed by atoms with Gasteiger partial charge in [0.2, 0.25) is 5.88 Å².